The van der Waals surface area contributed by atoms with Crippen LogP contribution < -0.4 is 0 Å². The van der Waals surface area contributed by atoms with Gasteiger partial charge in [-0.3, -0.25) is 4.79 Å². The van der Waals surface area contributed by atoms with E-state index in [1.165, 1.54) is 12.1 Å². The number of ketones is 1. The van der Waals surface area contributed by atoms with E-state index in [9.17, 15) is 9.18 Å². The van der Waals surface area contributed by atoms with Gasteiger partial charge in [-0.2, -0.15) is 0 Å². The molecular weight excluding hydrogens is 263 g/mol. The molecule has 1 saturated heterocycles. The number of hydrazine groups is 1. The first kappa shape index (κ1) is 14.1. The normalized spacial score (nSPS) is 17.2. The van der Waals surface area contributed by atoms with Crippen LogP contribution in [0.25, 0.3) is 0 Å². The van der Waals surface area contributed by atoms with Crippen LogP contribution in [-0.4, -0.2) is 41.4 Å². The summed E-state index contributed by atoms with van der Waals surface area (Å²) in [6, 6.07) is 5.80. The number of benzene rings is 1. The van der Waals surface area contributed by atoms with E-state index < -0.39 is 0 Å². The highest BCUT2D eigenvalue weighted by Gasteiger charge is 2.26. The van der Waals surface area contributed by atoms with Crippen LogP contribution in [-0.2, 0) is 0 Å². The van der Waals surface area contributed by atoms with Crippen molar-refractivity contribution in [3.63, 3.8) is 0 Å². The zero-order valence-electron chi connectivity index (χ0n) is 10.9. The number of thiocarbonyl (C=S) groups is 1. The molecule has 2 rings (SSSR count). The van der Waals surface area contributed by atoms with E-state index in [1.807, 2.05) is 12.1 Å². The molecule has 1 fully saturated rings. The van der Waals surface area contributed by atoms with E-state index in [0.29, 0.717) is 5.56 Å². The Labute approximate surface area is 118 Å². The van der Waals surface area contributed by atoms with Gasteiger partial charge >= 0.3 is 0 Å². The number of carbonyl (C=O) groups is 1. The first-order chi connectivity index (χ1) is 9.11. The molecule has 0 bridgehead atoms. The molecule has 0 spiro atoms. The molecule has 0 unspecified atom stereocenters. The van der Waals surface area contributed by atoms with E-state index in [4.69, 9.17) is 12.2 Å². The lowest BCUT2D eigenvalue weighted by molar-refractivity contribution is 0.0349. The van der Waals surface area contributed by atoms with E-state index in [0.717, 1.165) is 25.9 Å². The van der Waals surface area contributed by atoms with Gasteiger partial charge in [0.2, 0.25) is 0 Å². The van der Waals surface area contributed by atoms with Crippen LogP contribution in [0.1, 0.15) is 23.2 Å². The summed E-state index contributed by atoms with van der Waals surface area (Å²) in [5.74, 6) is -0.168. The Kier molecular flexibility index (Phi) is 4.61. The third-order valence-electron chi connectivity index (χ3n) is 3.57. The highest BCUT2D eigenvalue weighted by atomic mass is 32.1. The fourth-order valence-corrected chi connectivity index (χ4v) is 2.49. The molecule has 1 aliphatic heterocycles. The molecule has 102 valence electrons. The smallest absolute Gasteiger partial charge is 0.166 e. The summed E-state index contributed by atoms with van der Waals surface area (Å²) >= 11 is 4.88. The Morgan fingerprint density at radius 2 is 1.95 bits per heavy atom. The van der Waals surface area contributed by atoms with Gasteiger partial charge in [0.15, 0.2) is 5.78 Å². The minimum atomic E-state index is -0.311. The van der Waals surface area contributed by atoms with Gasteiger partial charge in [-0.1, -0.05) is 12.2 Å². The summed E-state index contributed by atoms with van der Waals surface area (Å²) in [6.07, 6.45) is 1.62. The summed E-state index contributed by atoms with van der Waals surface area (Å²) in [5.41, 5.74) is 2.20. The molecule has 0 saturated carbocycles. The summed E-state index contributed by atoms with van der Waals surface area (Å²) in [4.78, 5) is 12.3. The second kappa shape index (κ2) is 6.21. The van der Waals surface area contributed by atoms with Crippen molar-refractivity contribution in [2.45, 2.75) is 12.8 Å². The topological polar surface area (TPSA) is 23.6 Å². The molecule has 0 aliphatic carbocycles. The van der Waals surface area contributed by atoms with Crippen LogP contribution >= 0.6 is 12.2 Å². The molecule has 19 heavy (non-hydrogen) atoms. The lowest BCUT2D eigenvalue weighted by Crippen LogP contribution is -2.45. The molecule has 1 heterocycles. The average molecular weight is 280 g/mol. The first-order valence-electron chi connectivity index (χ1n) is 6.34. The van der Waals surface area contributed by atoms with Crippen LogP contribution in [0.2, 0.25) is 0 Å². The van der Waals surface area contributed by atoms with Gasteiger partial charge in [-0.15, -0.1) is 0 Å². The third kappa shape index (κ3) is 3.36. The molecule has 0 radical (unpaired) electrons. The predicted octanol–water partition coefficient (Wildman–Crippen LogP) is 2.52. The molecule has 0 N–H and O–H groups in total. The van der Waals surface area contributed by atoms with E-state index >= 15 is 0 Å². The molecular formula is C14H17FN2OS. The van der Waals surface area contributed by atoms with Crippen molar-refractivity contribution in [1.82, 2.24) is 10.0 Å². The van der Waals surface area contributed by atoms with Crippen LogP contribution in [0, 0.1) is 11.7 Å². The zero-order chi connectivity index (χ0) is 13.8. The number of rotatable bonds is 4. The number of carbonyl (C=O) groups excluding carboxylic acids is 1. The van der Waals surface area contributed by atoms with Crippen molar-refractivity contribution in [2.24, 2.45) is 5.92 Å². The lowest BCUT2D eigenvalue weighted by Gasteiger charge is -2.36. The molecule has 3 nitrogen and oxygen atoms in total. The fraction of sp³-hybridized carbons (Fsp3) is 0.429. The Balaban J connectivity index is 1.96. The van der Waals surface area contributed by atoms with Crippen molar-refractivity contribution in [1.29, 1.82) is 0 Å². The average Bonchev–Trinajstić information content (AvgIpc) is 2.46. The van der Waals surface area contributed by atoms with Gasteiger partial charge < -0.3 is 5.01 Å². The van der Waals surface area contributed by atoms with Crippen LogP contribution in [0.4, 0.5) is 4.39 Å². The van der Waals surface area contributed by atoms with Crippen LogP contribution in [0.5, 0.6) is 0 Å². The van der Waals surface area contributed by atoms with Gasteiger partial charge in [0, 0.05) is 31.6 Å². The van der Waals surface area contributed by atoms with Gasteiger partial charge in [0.1, 0.15) is 5.82 Å². The van der Waals surface area contributed by atoms with Gasteiger partial charge in [0.05, 0.1) is 5.49 Å². The molecule has 1 aromatic carbocycles. The predicted molar refractivity (Wildman–Crippen MR) is 76.4 cm³/mol. The van der Waals surface area contributed by atoms with Gasteiger partial charge in [0.25, 0.3) is 0 Å². The highest BCUT2D eigenvalue weighted by Crippen LogP contribution is 2.22. The Morgan fingerprint density at radius 3 is 2.47 bits per heavy atom. The maximum atomic E-state index is 12.8. The van der Waals surface area contributed by atoms with Crippen molar-refractivity contribution in [3.8, 4) is 0 Å². The first-order valence-corrected chi connectivity index (χ1v) is 6.81. The molecule has 5 heteroatoms. The molecule has 0 amide bonds. The lowest BCUT2D eigenvalue weighted by atomic mass is 9.89. The standard InChI is InChI=1S/C14H17FN2OS/c1-16(10-19)17-8-6-12(7-9-17)14(18)11-2-4-13(15)5-3-11/h2-5,10,12H,6-9H2,1H3. The Morgan fingerprint density at radius 1 is 1.37 bits per heavy atom. The summed E-state index contributed by atoms with van der Waals surface area (Å²) < 4.78 is 12.8. The number of hydrogen-bond donors (Lipinski definition) is 0. The second-order valence-electron chi connectivity index (χ2n) is 4.78. The van der Waals surface area contributed by atoms with Gasteiger partial charge in [-0.25, -0.2) is 9.40 Å². The van der Waals surface area contributed by atoms with Gasteiger partial charge in [-0.05, 0) is 37.1 Å². The maximum Gasteiger partial charge on any atom is 0.166 e. The molecule has 0 atom stereocenters. The highest BCUT2D eigenvalue weighted by molar-refractivity contribution is 7.78. The van der Waals surface area contributed by atoms with Crippen molar-refractivity contribution in [3.05, 3.63) is 35.6 Å². The quantitative estimate of drug-likeness (QED) is 0.624. The van der Waals surface area contributed by atoms with Crippen molar-refractivity contribution >= 4 is 23.5 Å². The molecule has 1 aliphatic rings. The summed E-state index contributed by atoms with van der Waals surface area (Å²) in [5, 5.41) is 4.01. The summed E-state index contributed by atoms with van der Waals surface area (Å²) in [6.45, 7) is 1.64. The number of Topliss-reactive ketones (excluding diaryl/α,β-unsaturated/α-hetero) is 1. The minimum absolute atomic E-state index is 0.0280. The Hall–Kier alpha value is -1.33. The summed E-state index contributed by atoms with van der Waals surface area (Å²) in [7, 11) is 1.91. The Bertz CT molecular complexity index is 455. The number of hydrogen-bond acceptors (Lipinski definition) is 3. The largest absolute Gasteiger partial charge is 0.305 e. The van der Waals surface area contributed by atoms with E-state index in [1.54, 1.807) is 17.6 Å². The van der Waals surface area contributed by atoms with E-state index in [-0.39, 0.29) is 17.5 Å². The number of piperidine rings is 1. The minimum Gasteiger partial charge on any atom is -0.305 e. The SMILES string of the molecule is CN(C=S)N1CCC(C(=O)c2ccc(F)cc2)CC1. The van der Waals surface area contributed by atoms with Crippen LogP contribution in [0.15, 0.2) is 24.3 Å². The molecule has 0 aromatic heterocycles. The van der Waals surface area contributed by atoms with Crippen molar-refractivity contribution < 1.29 is 9.18 Å². The van der Waals surface area contributed by atoms with Crippen molar-refractivity contribution in [2.75, 3.05) is 20.1 Å². The number of halogens is 1. The maximum absolute atomic E-state index is 12.8. The van der Waals surface area contributed by atoms with E-state index in [2.05, 4.69) is 5.01 Å². The second-order valence-corrected chi connectivity index (χ2v) is 4.99. The van der Waals surface area contributed by atoms with Crippen LogP contribution in [0.3, 0.4) is 0 Å². The third-order valence-corrected chi connectivity index (χ3v) is 3.87. The monoisotopic (exact) mass is 280 g/mol. The zero-order valence-corrected chi connectivity index (χ0v) is 11.7. The fourth-order valence-electron chi connectivity index (χ4n) is 2.36. The molecule has 1 aromatic rings. The number of nitrogens with zero attached hydrogens (tertiary/aromatic N) is 2.